The fourth-order valence-electron chi connectivity index (χ4n) is 3.60. The second kappa shape index (κ2) is 9.82. The normalized spacial score (nSPS) is 12.6. The number of alkyl halides is 3. The van der Waals surface area contributed by atoms with E-state index in [9.17, 15) is 22.8 Å². The average Bonchev–Trinajstić information content (AvgIpc) is 2.75. The summed E-state index contributed by atoms with van der Waals surface area (Å²) in [6.45, 7) is 3.88. The predicted molar refractivity (Wildman–Crippen MR) is 122 cm³/mol. The first kappa shape index (κ1) is 24.6. The Bertz CT molecular complexity index is 1230. The molecule has 176 valence electrons. The standard InChI is InChI=1S/C23H24ClF3N4O2/c1-4-5-12-31(22(33)29-18-9-7-6-8-17(18)23(25,26)27)14(2)20-28-19-13-15(24)10-11-16(19)21(32)30(20)3/h6-11,13-14H,4-5,12H2,1-3H3,(H,29,33). The van der Waals surface area contributed by atoms with Crippen molar-refractivity contribution in [3.05, 3.63) is 69.2 Å². The number of halogens is 4. The zero-order chi connectivity index (χ0) is 24.3. The van der Waals surface area contributed by atoms with Gasteiger partial charge in [-0.3, -0.25) is 9.36 Å². The molecule has 3 rings (SSSR count). The van der Waals surface area contributed by atoms with Gasteiger partial charge in [-0.05, 0) is 43.7 Å². The van der Waals surface area contributed by atoms with Crippen LogP contribution in [0.25, 0.3) is 10.9 Å². The van der Waals surface area contributed by atoms with Crippen molar-refractivity contribution in [3.63, 3.8) is 0 Å². The number of aromatic nitrogens is 2. The molecule has 0 spiro atoms. The van der Waals surface area contributed by atoms with E-state index >= 15 is 0 Å². The van der Waals surface area contributed by atoms with Crippen LogP contribution in [0.5, 0.6) is 0 Å². The fourth-order valence-corrected chi connectivity index (χ4v) is 3.77. The highest BCUT2D eigenvalue weighted by Crippen LogP contribution is 2.35. The van der Waals surface area contributed by atoms with Crippen molar-refractivity contribution in [1.82, 2.24) is 14.5 Å². The molecule has 1 unspecified atom stereocenters. The lowest BCUT2D eigenvalue weighted by Gasteiger charge is -2.30. The van der Waals surface area contributed by atoms with E-state index in [2.05, 4.69) is 10.3 Å². The molecule has 1 N–H and O–H groups in total. The van der Waals surface area contributed by atoms with Crippen LogP contribution in [0.3, 0.4) is 0 Å². The quantitative estimate of drug-likeness (QED) is 0.470. The average molecular weight is 481 g/mol. The summed E-state index contributed by atoms with van der Waals surface area (Å²) in [5.41, 5.74) is -1.20. The molecular weight excluding hydrogens is 457 g/mol. The van der Waals surface area contributed by atoms with Crippen LogP contribution in [0, 0.1) is 0 Å². The number of nitrogens with zero attached hydrogens (tertiary/aromatic N) is 3. The molecule has 2 aromatic carbocycles. The van der Waals surface area contributed by atoms with Crippen LogP contribution in [0.1, 0.15) is 44.1 Å². The largest absolute Gasteiger partial charge is 0.418 e. The number of urea groups is 1. The Morgan fingerprint density at radius 1 is 1.24 bits per heavy atom. The van der Waals surface area contributed by atoms with Gasteiger partial charge in [0, 0.05) is 18.6 Å². The van der Waals surface area contributed by atoms with Gasteiger partial charge in [0.25, 0.3) is 5.56 Å². The van der Waals surface area contributed by atoms with Crippen molar-refractivity contribution >= 4 is 34.2 Å². The smallest absolute Gasteiger partial charge is 0.315 e. The molecule has 0 saturated heterocycles. The summed E-state index contributed by atoms with van der Waals surface area (Å²) >= 11 is 6.05. The van der Waals surface area contributed by atoms with Gasteiger partial charge in [0.15, 0.2) is 0 Å². The number of benzene rings is 2. The van der Waals surface area contributed by atoms with Crippen molar-refractivity contribution in [2.45, 2.75) is 38.9 Å². The van der Waals surface area contributed by atoms with Gasteiger partial charge in [-0.15, -0.1) is 0 Å². The van der Waals surface area contributed by atoms with E-state index in [4.69, 9.17) is 11.6 Å². The molecule has 3 aromatic rings. The number of carbonyl (C=O) groups is 1. The maximum atomic E-state index is 13.4. The Balaban J connectivity index is 2.01. The van der Waals surface area contributed by atoms with Crippen molar-refractivity contribution in [1.29, 1.82) is 0 Å². The van der Waals surface area contributed by atoms with Gasteiger partial charge in [-0.1, -0.05) is 37.1 Å². The zero-order valence-electron chi connectivity index (χ0n) is 18.4. The zero-order valence-corrected chi connectivity index (χ0v) is 19.2. The fraction of sp³-hybridized carbons (Fsp3) is 0.348. The molecule has 6 nitrogen and oxygen atoms in total. The topological polar surface area (TPSA) is 67.2 Å². The molecular formula is C23H24ClF3N4O2. The Labute approximate surface area is 194 Å². The minimum absolute atomic E-state index is 0.265. The predicted octanol–water partition coefficient (Wildman–Crippen LogP) is 6.00. The number of unbranched alkanes of at least 4 members (excludes halogenated alkanes) is 1. The van der Waals surface area contributed by atoms with E-state index in [-0.39, 0.29) is 17.8 Å². The van der Waals surface area contributed by atoms with Crippen molar-refractivity contribution in [2.24, 2.45) is 7.05 Å². The van der Waals surface area contributed by atoms with E-state index in [0.717, 1.165) is 12.5 Å². The van der Waals surface area contributed by atoms with E-state index in [1.165, 1.54) is 27.7 Å². The number of anilines is 1. The number of amides is 2. The highest BCUT2D eigenvalue weighted by atomic mass is 35.5. The summed E-state index contributed by atoms with van der Waals surface area (Å²) in [6, 6.07) is 8.11. The van der Waals surface area contributed by atoms with Crippen LogP contribution in [0.15, 0.2) is 47.3 Å². The molecule has 0 saturated carbocycles. The molecule has 1 aromatic heterocycles. The lowest BCUT2D eigenvalue weighted by Crippen LogP contribution is -2.40. The lowest BCUT2D eigenvalue weighted by atomic mass is 10.1. The number of hydrogen-bond donors (Lipinski definition) is 1. The summed E-state index contributed by atoms with van der Waals surface area (Å²) < 4.78 is 41.5. The molecule has 1 heterocycles. The van der Waals surface area contributed by atoms with Gasteiger partial charge in [0.05, 0.1) is 28.2 Å². The third-order valence-corrected chi connectivity index (χ3v) is 5.64. The van der Waals surface area contributed by atoms with E-state index < -0.39 is 23.8 Å². The van der Waals surface area contributed by atoms with Gasteiger partial charge in [-0.25, -0.2) is 9.78 Å². The third-order valence-electron chi connectivity index (χ3n) is 5.40. The maximum absolute atomic E-state index is 13.4. The van der Waals surface area contributed by atoms with E-state index in [1.807, 2.05) is 6.92 Å². The molecule has 0 radical (unpaired) electrons. The van der Waals surface area contributed by atoms with Crippen molar-refractivity contribution in [2.75, 3.05) is 11.9 Å². The van der Waals surface area contributed by atoms with Crippen LogP contribution in [-0.2, 0) is 13.2 Å². The van der Waals surface area contributed by atoms with E-state index in [1.54, 1.807) is 32.2 Å². The number of hydrogen-bond acceptors (Lipinski definition) is 3. The number of carbonyl (C=O) groups excluding carboxylic acids is 1. The van der Waals surface area contributed by atoms with Crippen molar-refractivity contribution in [3.8, 4) is 0 Å². The minimum Gasteiger partial charge on any atom is -0.315 e. The number of fused-ring (bicyclic) bond motifs is 1. The lowest BCUT2D eigenvalue weighted by molar-refractivity contribution is -0.136. The second-order valence-electron chi connectivity index (χ2n) is 7.69. The summed E-state index contributed by atoms with van der Waals surface area (Å²) in [4.78, 5) is 31.9. The van der Waals surface area contributed by atoms with Crippen LogP contribution in [-0.4, -0.2) is 27.0 Å². The highest BCUT2D eigenvalue weighted by Gasteiger charge is 2.34. The summed E-state index contributed by atoms with van der Waals surface area (Å²) in [5, 5.41) is 3.17. The summed E-state index contributed by atoms with van der Waals surface area (Å²) in [7, 11) is 1.55. The van der Waals surface area contributed by atoms with Gasteiger partial charge < -0.3 is 10.2 Å². The van der Waals surface area contributed by atoms with Gasteiger partial charge >= 0.3 is 12.2 Å². The number of nitrogens with one attached hydrogen (secondary N) is 1. The molecule has 1 atom stereocenters. The highest BCUT2D eigenvalue weighted by molar-refractivity contribution is 6.31. The molecule has 0 aliphatic heterocycles. The Hall–Kier alpha value is -3.07. The van der Waals surface area contributed by atoms with Crippen LogP contribution in [0.2, 0.25) is 5.02 Å². The first-order valence-electron chi connectivity index (χ1n) is 10.4. The molecule has 10 heteroatoms. The second-order valence-corrected chi connectivity index (χ2v) is 8.13. The Morgan fingerprint density at radius 3 is 2.61 bits per heavy atom. The minimum atomic E-state index is -4.62. The Morgan fingerprint density at radius 2 is 1.94 bits per heavy atom. The molecule has 0 aliphatic carbocycles. The van der Waals surface area contributed by atoms with Crippen molar-refractivity contribution < 1.29 is 18.0 Å². The summed E-state index contributed by atoms with van der Waals surface area (Å²) in [5.74, 6) is 0.296. The number of para-hydroxylation sites is 1. The van der Waals surface area contributed by atoms with Gasteiger partial charge in [0.2, 0.25) is 0 Å². The Kier molecular flexibility index (Phi) is 7.31. The van der Waals surface area contributed by atoms with Crippen LogP contribution < -0.4 is 10.9 Å². The van der Waals surface area contributed by atoms with E-state index in [0.29, 0.717) is 28.2 Å². The molecule has 33 heavy (non-hydrogen) atoms. The van der Waals surface area contributed by atoms with Gasteiger partial charge in [-0.2, -0.15) is 13.2 Å². The maximum Gasteiger partial charge on any atom is 0.418 e. The number of rotatable bonds is 6. The summed E-state index contributed by atoms with van der Waals surface area (Å²) in [6.07, 6.45) is -3.24. The van der Waals surface area contributed by atoms with Crippen LogP contribution >= 0.6 is 11.6 Å². The van der Waals surface area contributed by atoms with Gasteiger partial charge in [0.1, 0.15) is 5.82 Å². The monoisotopic (exact) mass is 480 g/mol. The SMILES string of the molecule is CCCCN(C(=O)Nc1ccccc1C(F)(F)F)C(C)c1nc2cc(Cl)ccc2c(=O)n1C. The molecule has 0 aliphatic rings. The first-order chi connectivity index (χ1) is 15.5. The molecule has 0 fully saturated rings. The molecule has 2 amide bonds. The molecule has 0 bridgehead atoms. The first-order valence-corrected chi connectivity index (χ1v) is 10.8. The van der Waals surface area contributed by atoms with Crippen LogP contribution in [0.4, 0.5) is 23.7 Å². The third kappa shape index (κ3) is 5.30.